The molecule has 0 aliphatic heterocycles. The fourth-order valence-corrected chi connectivity index (χ4v) is 2.32. The Hall–Kier alpha value is -1.32. The van der Waals surface area contributed by atoms with Crippen LogP contribution >= 0.6 is 0 Å². The van der Waals surface area contributed by atoms with Gasteiger partial charge >= 0.3 is 5.97 Å². The lowest BCUT2D eigenvalue weighted by Gasteiger charge is -2.01. The summed E-state index contributed by atoms with van der Waals surface area (Å²) in [6.45, 7) is 2.24. The van der Waals surface area contributed by atoms with E-state index in [4.69, 9.17) is 9.63 Å². The van der Waals surface area contributed by atoms with Crippen molar-refractivity contribution >= 4 is 5.97 Å². The fraction of sp³-hybridized carbons (Fsp3) is 0.750. The fourth-order valence-electron chi connectivity index (χ4n) is 2.32. The van der Waals surface area contributed by atoms with Crippen molar-refractivity contribution in [1.82, 2.24) is 5.16 Å². The molecule has 0 fully saturated rings. The van der Waals surface area contributed by atoms with Crippen molar-refractivity contribution < 1.29 is 14.4 Å². The molecular weight excluding hydrogens is 254 g/mol. The van der Waals surface area contributed by atoms with E-state index in [0.717, 1.165) is 18.5 Å². The minimum Gasteiger partial charge on any atom is -0.475 e. The number of hydrogen-bond acceptors (Lipinski definition) is 3. The van der Waals surface area contributed by atoms with Gasteiger partial charge in [0.1, 0.15) is 0 Å². The highest BCUT2D eigenvalue weighted by molar-refractivity contribution is 5.84. The van der Waals surface area contributed by atoms with Crippen molar-refractivity contribution in [1.29, 1.82) is 0 Å². The lowest BCUT2D eigenvalue weighted by atomic mass is 10.1. The van der Waals surface area contributed by atoms with E-state index in [0.29, 0.717) is 0 Å². The summed E-state index contributed by atoms with van der Waals surface area (Å²) in [6.07, 6.45) is 13.8. The van der Waals surface area contributed by atoms with E-state index in [9.17, 15) is 4.79 Å². The molecule has 4 heteroatoms. The normalized spacial score (nSPS) is 10.8. The van der Waals surface area contributed by atoms with Gasteiger partial charge in [-0.15, -0.1) is 0 Å². The first-order valence-corrected chi connectivity index (χ1v) is 7.93. The first-order chi connectivity index (χ1) is 9.74. The van der Waals surface area contributed by atoms with Crippen LogP contribution in [0.3, 0.4) is 0 Å². The molecule has 0 aromatic carbocycles. The number of aromatic carboxylic acids is 1. The highest BCUT2D eigenvalue weighted by Gasteiger charge is 2.10. The molecule has 20 heavy (non-hydrogen) atoms. The Balaban J connectivity index is 1.93. The minimum atomic E-state index is -1.05. The summed E-state index contributed by atoms with van der Waals surface area (Å²) in [5.41, 5.74) is 0.752. The van der Waals surface area contributed by atoms with Gasteiger partial charge in [-0.05, 0) is 12.8 Å². The molecule has 0 amide bonds. The van der Waals surface area contributed by atoms with Crippen LogP contribution < -0.4 is 0 Å². The summed E-state index contributed by atoms with van der Waals surface area (Å²) in [4.78, 5) is 10.6. The predicted molar refractivity (Wildman–Crippen MR) is 79.0 cm³/mol. The van der Waals surface area contributed by atoms with Gasteiger partial charge < -0.3 is 9.63 Å². The Morgan fingerprint density at radius 2 is 1.60 bits per heavy atom. The second-order valence-electron chi connectivity index (χ2n) is 5.42. The third-order valence-corrected chi connectivity index (χ3v) is 3.56. The summed E-state index contributed by atoms with van der Waals surface area (Å²) < 4.78 is 4.72. The van der Waals surface area contributed by atoms with E-state index in [1.807, 2.05) is 0 Å². The van der Waals surface area contributed by atoms with E-state index in [1.54, 1.807) is 0 Å². The van der Waals surface area contributed by atoms with E-state index >= 15 is 0 Å². The number of unbranched alkanes of at least 4 members (excludes halogenated alkanes) is 9. The maximum atomic E-state index is 10.6. The van der Waals surface area contributed by atoms with Crippen molar-refractivity contribution in [3.8, 4) is 0 Å². The quantitative estimate of drug-likeness (QED) is 0.557. The van der Waals surface area contributed by atoms with Crippen LogP contribution in [-0.4, -0.2) is 16.2 Å². The van der Waals surface area contributed by atoms with Crippen LogP contribution in [0.15, 0.2) is 10.6 Å². The van der Waals surface area contributed by atoms with Crippen LogP contribution in [0.25, 0.3) is 0 Å². The van der Waals surface area contributed by atoms with Crippen LogP contribution in [-0.2, 0) is 6.42 Å². The molecule has 0 atom stereocenters. The van der Waals surface area contributed by atoms with Crippen LogP contribution in [0.4, 0.5) is 0 Å². The molecule has 1 heterocycles. The molecule has 1 aromatic rings. The summed E-state index contributed by atoms with van der Waals surface area (Å²) in [7, 11) is 0. The van der Waals surface area contributed by atoms with Crippen LogP contribution in [0.1, 0.15) is 87.4 Å². The average Bonchev–Trinajstić information content (AvgIpc) is 2.90. The second-order valence-corrected chi connectivity index (χ2v) is 5.42. The van der Waals surface area contributed by atoms with E-state index in [1.165, 1.54) is 63.9 Å². The van der Waals surface area contributed by atoms with Crippen LogP contribution in [0.2, 0.25) is 0 Å². The number of aryl methyl sites for hydroxylation is 1. The number of carbonyl (C=O) groups is 1. The summed E-state index contributed by atoms with van der Waals surface area (Å²) in [5.74, 6) is -1.11. The molecule has 1 rings (SSSR count). The van der Waals surface area contributed by atoms with Crippen LogP contribution in [0, 0.1) is 0 Å². The lowest BCUT2D eigenvalue weighted by Crippen LogP contribution is -1.92. The molecule has 0 aliphatic rings. The van der Waals surface area contributed by atoms with Gasteiger partial charge in [0, 0.05) is 6.07 Å². The molecule has 114 valence electrons. The summed E-state index contributed by atoms with van der Waals surface area (Å²) in [6, 6.07) is 1.52. The molecule has 0 bridgehead atoms. The Kier molecular flexibility index (Phi) is 8.76. The maximum absolute atomic E-state index is 10.6. The zero-order valence-electron chi connectivity index (χ0n) is 12.6. The first kappa shape index (κ1) is 16.7. The Morgan fingerprint density at radius 3 is 2.10 bits per heavy atom. The first-order valence-electron chi connectivity index (χ1n) is 7.93. The minimum absolute atomic E-state index is 0.0629. The van der Waals surface area contributed by atoms with Crippen molar-refractivity contribution in [3.63, 3.8) is 0 Å². The summed E-state index contributed by atoms with van der Waals surface area (Å²) >= 11 is 0. The largest absolute Gasteiger partial charge is 0.475 e. The van der Waals surface area contributed by atoms with Crippen LogP contribution in [0.5, 0.6) is 0 Å². The zero-order chi connectivity index (χ0) is 14.6. The zero-order valence-corrected chi connectivity index (χ0v) is 12.6. The summed E-state index contributed by atoms with van der Waals surface area (Å²) in [5, 5.41) is 12.5. The number of hydrogen-bond donors (Lipinski definition) is 1. The van der Waals surface area contributed by atoms with Crippen molar-refractivity contribution in [2.45, 2.75) is 77.6 Å². The van der Waals surface area contributed by atoms with Gasteiger partial charge in [0.25, 0.3) is 0 Å². The van der Waals surface area contributed by atoms with Gasteiger partial charge in [-0.25, -0.2) is 4.79 Å². The molecule has 0 spiro atoms. The number of carboxylic acid groups (broad SMARTS) is 1. The molecule has 0 saturated heterocycles. The van der Waals surface area contributed by atoms with E-state index in [-0.39, 0.29) is 5.76 Å². The van der Waals surface area contributed by atoms with E-state index < -0.39 is 5.97 Å². The maximum Gasteiger partial charge on any atom is 0.374 e. The van der Waals surface area contributed by atoms with E-state index in [2.05, 4.69) is 12.1 Å². The Labute approximate surface area is 121 Å². The predicted octanol–water partition coefficient (Wildman–Crippen LogP) is 4.84. The number of nitrogens with zero attached hydrogens (tertiary/aromatic N) is 1. The third-order valence-electron chi connectivity index (χ3n) is 3.56. The van der Waals surface area contributed by atoms with Crippen molar-refractivity contribution in [2.75, 3.05) is 0 Å². The second kappa shape index (κ2) is 10.5. The molecule has 4 nitrogen and oxygen atoms in total. The highest BCUT2D eigenvalue weighted by Crippen LogP contribution is 2.12. The molecule has 1 N–H and O–H groups in total. The lowest BCUT2D eigenvalue weighted by molar-refractivity contribution is 0.0652. The van der Waals surface area contributed by atoms with Gasteiger partial charge in [-0.3, -0.25) is 0 Å². The smallest absolute Gasteiger partial charge is 0.374 e. The Morgan fingerprint density at radius 1 is 1.05 bits per heavy atom. The number of aromatic nitrogens is 1. The monoisotopic (exact) mass is 281 g/mol. The van der Waals surface area contributed by atoms with Gasteiger partial charge in [0.2, 0.25) is 5.76 Å². The van der Waals surface area contributed by atoms with Gasteiger partial charge in [-0.1, -0.05) is 69.9 Å². The Bertz CT molecular complexity index is 374. The van der Waals surface area contributed by atoms with Gasteiger partial charge in [0.15, 0.2) is 0 Å². The average molecular weight is 281 g/mol. The van der Waals surface area contributed by atoms with Gasteiger partial charge in [-0.2, -0.15) is 0 Å². The molecule has 1 aromatic heterocycles. The molecular formula is C16H27NO3. The van der Waals surface area contributed by atoms with Gasteiger partial charge in [0.05, 0.1) is 5.69 Å². The molecule has 0 radical (unpaired) electrons. The SMILES string of the molecule is CCCCCCCCCCCCc1cc(C(=O)O)on1. The van der Waals surface area contributed by atoms with Crippen molar-refractivity contribution in [3.05, 3.63) is 17.5 Å². The standard InChI is InChI=1S/C16H27NO3/c1-2-3-4-5-6-7-8-9-10-11-12-14-13-15(16(18)19)20-17-14/h13H,2-12H2,1H3,(H,18,19). The third kappa shape index (κ3) is 7.31. The van der Waals surface area contributed by atoms with Crippen molar-refractivity contribution in [2.24, 2.45) is 0 Å². The topological polar surface area (TPSA) is 63.3 Å². The molecule has 0 aliphatic carbocycles. The highest BCUT2D eigenvalue weighted by atomic mass is 16.5. The number of carboxylic acids is 1. The molecule has 0 unspecified atom stereocenters. The number of rotatable bonds is 12. The molecule has 0 saturated carbocycles.